The Kier molecular flexibility index (Phi) is 3.80. The van der Waals surface area contributed by atoms with Gasteiger partial charge in [-0.25, -0.2) is 4.79 Å². The van der Waals surface area contributed by atoms with Crippen molar-refractivity contribution < 1.29 is 14.5 Å². The van der Waals surface area contributed by atoms with Gasteiger partial charge in [0.1, 0.15) is 6.10 Å². The predicted molar refractivity (Wildman–Crippen MR) is 69.0 cm³/mol. The van der Waals surface area contributed by atoms with Gasteiger partial charge in [-0.15, -0.1) is 0 Å². The molecule has 102 valence electrons. The molecule has 1 heterocycles. The normalized spacial score (nSPS) is 17.4. The topological polar surface area (TPSA) is 72.7 Å². The number of ether oxygens (including phenoxy) is 1. The maximum atomic E-state index is 11.7. The van der Waals surface area contributed by atoms with E-state index in [1.54, 1.807) is 6.07 Å². The number of rotatable bonds is 5. The fraction of sp³-hybridized carbons (Fsp3) is 0.462. The number of esters is 1. The first-order valence-electron chi connectivity index (χ1n) is 6.13. The third-order valence-corrected chi connectivity index (χ3v) is 3.14. The summed E-state index contributed by atoms with van der Waals surface area (Å²) in [6.07, 6.45) is 1.36. The zero-order chi connectivity index (χ0) is 14.0. The van der Waals surface area contributed by atoms with Crippen LogP contribution in [0.5, 0.6) is 0 Å². The molecule has 0 spiro atoms. The van der Waals surface area contributed by atoms with Crippen molar-refractivity contribution in [2.24, 2.45) is 0 Å². The van der Waals surface area contributed by atoms with Crippen LogP contribution in [0.4, 0.5) is 5.69 Å². The maximum Gasteiger partial charge on any atom is 0.339 e. The van der Waals surface area contributed by atoms with Crippen LogP contribution < -0.4 is 0 Å². The van der Waals surface area contributed by atoms with Crippen LogP contribution >= 0.6 is 0 Å². The van der Waals surface area contributed by atoms with E-state index in [1.165, 1.54) is 12.1 Å². The zero-order valence-corrected chi connectivity index (χ0v) is 11.0. The van der Waals surface area contributed by atoms with E-state index in [2.05, 4.69) is 4.90 Å². The van der Waals surface area contributed by atoms with Crippen LogP contribution in [-0.2, 0) is 4.74 Å². The molecule has 0 amide bonds. The summed E-state index contributed by atoms with van der Waals surface area (Å²) < 4.78 is 5.27. The molecule has 1 aliphatic rings. The minimum Gasteiger partial charge on any atom is -0.454 e. The predicted octanol–water partition coefficient (Wildman–Crippen LogP) is 2.15. The van der Waals surface area contributed by atoms with Gasteiger partial charge in [0.15, 0.2) is 0 Å². The number of hydrogen-bond donors (Lipinski definition) is 0. The van der Waals surface area contributed by atoms with E-state index in [-0.39, 0.29) is 11.8 Å². The molecule has 0 fully saturated rings. The standard InChI is InChI=1S/C13H16N2O4/c1-14(2)7-3-4-12-10-6-5-9(15(17)18)8-11(10)13(16)19-12/h5-6,8,12H,3-4,7H2,1-2H3. The number of cyclic esters (lactones) is 1. The molecule has 1 unspecified atom stereocenters. The molecule has 6 nitrogen and oxygen atoms in total. The Hall–Kier alpha value is -1.95. The lowest BCUT2D eigenvalue weighted by Gasteiger charge is -2.13. The third kappa shape index (κ3) is 2.90. The molecule has 0 bridgehead atoms. The number of carbonyl (C=O) groups excluding carboxylic acids is 1. The van der Waals surface area contributed by atoms with E-state index in [9.17, 15) is 14.9 Å². The molecule has 19 heavy (non-hydrogen) atoms. The van der Waals surface area contributed by atoms with E-state index < -0.39 is 10.9 Å². The second kappa shape index (κ2) is 5.36. The second-order valence-corrected chi connectivity index (χ2v) is 4.87. The van der Waals surface area contributed by atoms with Gasteiger partial charge in [0.2, 0.25) is 0 Å². The first kappa shape index (κ1) is 13.5. The van der Waals surface area contributed by atoms with Crippen LogP contribution in [0.15, 0.2) is 18.2 Å². The van der Waals surface area contributed by atoms with Crippen molar-refractivity contribution in [2.45, 2.75) is 18.9 Å². The van der Waals surface area contributed by atoms with Crippen LogP contribution in [0.3, 0.4) is 0 Å². The minimum absolute atomic E-state index is 0.0790. The molecular formula is C13H16N2O4. The lowest BCUT2D eigenvalue weighted by Crippen LogP contribution is -2.14. The van der Waals surface area contributed by atoms with Gasteiger partial charge in [0, 0.05) is 17.7 Å². The fourth-order valence-electron chi connectivity index (χ4n) is 2.18. The highest BCUT2D eigenvalue weighted by Gasteiger charge is 2.32. The lowest BCUT2D eigenvalue weighted by molar-refractivity contribution is -0.384. The number of non-ortho nitro benzene ring substituents is 1. The number of hydrogen-bond acceptors (Lipinski definition) is 5. The van der Waals surface area contributed by atoms with Gasteiger partial charge < -0.3 is 9.64 Å². The molecule has 0 N–H and O–H groups in total. The Balaban J connectivity index is 2.13. The van der Waals surface area contributed by atoms with Crippen molar-refractivity contribution in [1.29, 1.82) is 0 Å². The van der Waals surface area contributed by atoms with Crippen molar-refractivity contribution in [2.75, 3.05) is 20.6 Å². The Morgan fingerprint density at radius 2 is 2.16 bits per heavy atom. The largest absolute Gasteiger partial charge is 0.454 e. The molecule has 0 saturated heterocycles. The molecule has 0 aliphatic carbocycles. The molecule has 1 atom stereocenters. The monoisotopic (exact) mass is 264 g/mol. The Morgan fingerprint density at radius 3 is 2.79 bits per heavy atom. The van der Waals surface area contributed by atoms with E-state index >= 15 is 0 Å². The summed E-state index contributed by atoms with van der Waals surface area (Å²) in [6, 6.07) is 4.34. The molecule has 2 rings (SSSR count). The zero-order valence-electron chi connectivity index (χ0n) is 11.0. The number of nitrogens with zero attached hydrogens (tertiary/aromatic N) is 2. The van der Waals surface area contributed by atoms with Crippen molar-refractivity contribution in [3.8, 4) is 0 Å². The highest BCUT2D eigenvalue weighted by Crippen LogP contribution is 2.35. The summed E-state index contributed by atoms with van der Waals surface area (Å²) in [6.45, 7) is 0.913. The summed E-state index contributed by atoms with van der Waals surface area (Å²) in [5.74, 6) is -0.464. The smallest absolute Gasteiger partial charge is 0.339 e. The van der Waals surface area contributed by atoms with E-state index in [4.69, 9.17) is 4.74 Å². The van der Waals surface area contributed by atoms with Gasteiger partial charge in [-0.3, -0.25) is 10.1 Å². The molecule has 6 heteroatoms. The Labute approximate surface area is 111 Å². The Morgan fingerprint density at radius 1 is 1.42 bits per heavy atom. The summed E-state index contributed by atoms with van der Waals surface area (Å²) in [4.78, 5) is 23.9. The van der Waals surface area contributed by atoms with Crippen LogP contribution in [0, 0.1) is 10.1 Å². The first-order chi connectivity index (χ1) is 8.99. The molecule has 0 aromatic heterocycles. The van der Waals surface area contributed by atoms with Crippen LogP contribution in [0.2, 0.25) is 0 Å². The number of carbonyl (C=O) groups is 1. The van der Waals surface area contributed by atoms with E-state index in [0.29, 0.717) is 5.56 Å². The number of fused-ring (bicyclic) bond motifs is 1. The summed E-state index contributed by atoms with van der Waals surface area (Å²) in [7, 11) is 3.97. The van der Waals surface area contributed by atoms with Crippen molar-refractivity contribution in [1.82, 2.24) is 4.90 Å². The van der Waals surface area contributed by atoms with Crippen molar-refractivity contribution in [3.05, 3.63) is 39.4 Å². The van der Waals surface area contributed by atoms with E-state index in [1.807, 2.05) is 14.1 Å². The molecule has 1 aliphatic heterocycles. The highest BCUT2D eigenvalue weighted by atomic mass is 16.6. The molecule has 0 radical (unpaired) electrons. The van der Waals surface area contributed by atoms with Gasteiger partial charge in [0.25, 0.3) is 5.69 Å². The van der Waals surface area contributed by atoms with Crippen LogP contribution in [0.25, 0.3) is 0 Å². The van der Waals surface area contributed by atoms with Gasteiger partial charge in [-0.2, -0.15) is 0 Å². The van der Waals surface area contributed by atoms with Gasteiger partial charge in [0.05, 0.1) is 10.5 Å². The quantitative estimate of drug-likeness (QED) is 0.463. The maximum absolute atomic E-state index is 11.7. The molecule has 1 aromatic carbocycles. The van der Waals surface area contributed by atoms with Crippen molar-refractivity contribution in [3.63, 3.8) is 0 Å². The molecule has 0 saturated carbocycles. The van der Waals surface area contributed by atoms with Crippen molar-refractivity contribution >= 4 is 11.7 Å². The first-order valence-corrected chi connectivity index (χ1v) is 6.13. The van der Waals surface area contributed by atoms with Gasteiger partial charge >= 0.3 is 5.97 Å². The molecular weight excluding hydrogens is 248 g/mol. The summed E-state index contributed by atoms with van der Waals surface area (Å²) in [5, 5.41) is 10.7. The average Bonchev–Trinajstić information content (AvgIpc) is 2.66. The molecule has 1 aromatic rings. The minimum atomic E-state index is -0.507. The second-order valence-electron chi connectivity index (χ2n) is 4.87. The Bertz CT molecular complexity index is 513. The number of nitro groups is 1. The highest BCUT2D eigenvalue weighted by molar-refractivity contribution is 5.94. The van der Waals surface area contributed by atoms with E-state index in [0.717, 1.165) is 24.9 Å². The third-order valence-electron chi connectivity index (χ3n) is 3.14. The van der Waals surface area contributed by atoms with Crippen LogP contribution in [-0.4, -0.2) is 36.4 Å². The van der Waals surface area contributed by atoms with Gasteiger partial charge in [-0.05, 0) is 39.5 Å². The average molecular weight is 264 g/mol. The van der Waals surface area contributed by atoms with Crippen LogP contribution in [0.1, 0.15) is 34.9 Å². The van der Waals surface area contributed by atoms with Gasteiger partial charge in [-0.1, -0.05) is 0 Å². The summed E-state index contributed by atoms with van der Waals surface area (Å²) >= 11 is 0. The number of nitro benzene ring substituents is 1. The summed E-state index contributed by atoms with van der Waals surface area (Å²) in [5.41, 5.74) is 1.00. The lowest BCUT2D eigenvalue weighted by atomic mass is 10.0. The number of benzene rings is 1. The fourth-order valence-corrected chi connectivity index (χ4v) is 2.18. The SMILES string of the molecule is CN(C)CCCC1OC(=O)c2cc([N+](=O)[O-])ccc21.